The molecule has 1 atom stereocenters. The highest BCUT2D eigenvalue weighted by molar-refractivity contribution is 5.97. The van der Waals surface area contributed by atoms with Gasteiger partial charge in [-0.1, -0.05) is 49.4 Å². The molecule has 0 heteroatoms. The predicted molar refractivity (Wildman–Crippen MR) is 82.8 cm³/mol. The van der Waals surface area contributed by atoms with E-state index in [1.807, 2.05) is 0 Å². The maximum absolute atomic E-state index is 2.35. The monoisotopic (exact) mass is 244 g/mol. The Balaban J connectivity index is 2.13. The molecule has 2 aliphatic rings. The Morgan fingerprint density at radius 1 is 0.947 bits per heavy atom. The SMILES string of the molecule is CC1=C2C=CC=C(c3cc4ccccc4cc31)C2C. The van der Waals surface area contributed by atoms with Crippen LogP contribution in [0.5, 0.6) is 0 Å². The molecule has 2 aromatic carbocycles. The van der Waals surface area contributed by atoms with Gasteiger partial charge >= 0.3 is 0 Å². The molecule has 92 valence electrons. The number of hydrogen-bond acceptors (Lipinski definition) is 0. The Labute approximate surface area is 113 Å². The molecule has 0 N–H and O–H groups in total. The molecule has 1 unspecified atom stereocenters. The van der Waals surface area contributed by atoms with E-state index in [2.05, 4.69) is 68.5 Å². The minimum atomic E-state index is 0.527. The normalized spacial score (nSPS) is 20.5. The van der Waals surface area contributed by atoms with Gasteiger partial charge in [-0.05, 0) is 57.7 Å². The molecule has 0 saturated carbocycles. The molecule has 0 fully saturated rings. The predicted octanol–water partition coefficient (Wildman–Crippen LogP) is 5.22. The zero-order chi connectivity index (χ0) is 13.0. The van der Waals surface area contributed by atoms with E-state index in [4.69, 9.17) is 0 Å². The fourth-order valence-corrected chi connectivity index (χ4v) is 3.43. The topological polar surface area (TPSA) is 0 Å². The summed E-state index contributed by atoms with van der Waals surface area (Å²) >= 11 is 0. The fraction of sp³-hybridized carbons (Fsp3) is 0.158. The van der Waals surface area contributed by atoms with E-state index in [0.29, 0.717) is 5.92 Å². The molecular weight excluding hydrogens is 228 g/mol. The molecule has 0 saturated heterocycles. The number of benzene rings is 2. The van der Waals surface area contributed by atoms with Crippen LogP contribution in [0.25, 0.3) is 21.9 Å². The molecular formula is C19H16. The van der Waals surface area contributed by atoms with E-state index in [1.54, 1.807) is 0 Å². The van der Waals surface area contributed by atoms with Gasteiger partial charge in [0.2, 0.25) is 0 Å². The second-order valence-corrected chi connectivity index (χ2v) is 5.53. The van der Waals surface area contributed by atoms with Crippen molar-refractivity contribution in [3.8, 4) is 0 Å². The smallest absolute Gasteiger partial charge is 0.00700 e. The molecule has 0 spiro atoms. The maximum atomic E-state index is 2.35. The molecule has 0 radical (unpaired) electrons. The Morgan fingerprint density at radius 3 is 2.37 bits per heavy atom. The van der Waals surface area contributed by atoms with Crippen molar-refractivity contribution < 1.29 is 0 Å². The Bertz CT molecular complexity index is 785. The van der Waals surface area contributed by atoms with Gasteiger partial charge in [0.1, 0.15) is 0 Å². The minimum absolute atomic E-state index is 0.527. The first-order valence-corrected chi connectivity index (χ1v) is 6.88. The maximum Gasteiger partial charge on any atom is 0.00700 e. The molecule has 0 aromatic heterocycles. The summed E-state index contributed by atoms with van der Waals surface area (Å²) < 4.78 is 0. The highest BCUT2D eigenvalue weighted by Gasteiger charge is 2.26. The molecule has 2 aromatic rings. The summed E-state index contributed by atoms with van der Waals surface area (Å²) in [7, 11) is 0. The van der Waals surface area contributed by atoms with E-state index < -0.39 is 0 Å². The largest absolute Gasteiger partial charge is 0.0616 e. The second-order valence-electron chi connectivity index (χ2n) is 5.53. The van der Waals surface area contributed by atoms with Gasteiger partial charge < -0.3 is 0 Å². The number of hydrogen-bond donors (Lipinski definition) is 0. The first-order chi connectivity index (χ1) is 9.25. The van der Waals surface area contributed by atoms with Crippen LogP contribution in [-0.4, -0.2) is 0 Å². The average Bonchev–Trinajstić information content (AvgIpc) is 2.44. The second kappa shape index (κ2) is 3.71. The van der Waals surface area contributed by atoms with E-state index in [-0.39, 0.29) is 0 Å². The van der Waals surface area contributed by atoms with Gasteiger partial charge in [0.05, 0.1) is 0 Å². The van der Waals surface area contributed by atoms with Gasteiger partial charge in [-0.15, -0.1) is 0 Å². The quantitative estimate of drug-likeness (QED) is 0.596. The van der Waals surface area contributed by atoms with Crippen molar-refractivity contribution in [1.29, 1.82) is 0 Å². The summed E-state index contributed by atoms with van der Waals surface area (Å²) in [6.45, 7) is 4.57. The van der Waals surface area contributed by atoms with E-state index in [9.17, 15) is 0 Å². The standard InChI is InChI=1S/C19H16/c1-12-16-8-5-9-17(12)19-11-15-7-4-3-6-14(15)10-18(19)13(16)2/h3-12H,1-2H3. The van der Waals surface area contributed by atoms with Gasteiger partial charge in [-0.2, -0.15) is 0 Å². The number of fused-ring (bicyclic) bond motifs is 5. The van der Waals surface area contributed by atoms with Crippen LogP contribution in [-0.2, 0) is 0 Å². The summed E-state index contributed by atoms with van der Waals surface area (Å²) in [5, 5.41) is 2.67. The first kappa shape index (κ1) is 10.8. The van der Waals surface area contributed by atoms with Crippen LogP contribution in [0.15, 0.2) is 60.2 Å². The third-order valence-corrected chi connectivity index (χ3v) is 4.52. The third-order valence-electron chi connectivity index (χ3n) is 4.52. The highest BCUT2D eigenvalue weighted by atomic mass is 14.3. The lowest BCUT2D eigenvalue weighted by molar-refractivity contribution is 0.897. The summed E-state index contributed by atoms with van der Waals surface area (Å²) in [6.07, 6.45) is 6.72. The van der Waals surface area contributed by atoms with Crippen molar-refractivity contribution in [2.45, 2.75) is 13.8 Å². The van der Waals surface area contributed by atoms with Gasteiger partial charge in [-0.25, -0.2) is 0 Å². The van der Waals surface area contributed by atoms with Crippen LogP contribution >= 0.6 is 0 Å². The number of rotatable bonds is 0. The zero-order valence-electron chi connectivity index (χ0n) is 11.3. The first-order valence-electron chi connectivity index (χ1n) is 6.88. The molecule has 4 rings (SSSR count). The van der Waals surface area contributed by atoms with E-state index >= 15 is 0 Å². The lowest BCUT2D eigenvalue weighted by atomic mass is 9.73. The van der Waals surface area contributed by atoms with Crippen LogP contribution < -0.4 is 0 Å². The Kier molecular flexibility index (Phi) is 2.11. The molecule has 19 heavy (non-hydrogen) atoms. The molecule has 2 aliphatic carbocycles. The molecule has 2 bridgehead atoms. The molecule has 0 amide bonds. The van der Waals surface area contributed by atoms with Crippen LogP contribution in [0, 0.1) is 5.92 Å². The van der Waals surface area contributed by atoms with Crippen LogP contribution in [0.1, 0.15) is 25.0 Å². The summed E-state index contributed by atoms with van der Waals surface area (Å²) in [4.78, 5) is 0. The molecule has 0 aliphatic heterocycles. The molecule has 0 heterocycles. The zero-order valence-corrected chi connectivity index (χ0v) is 11.3. The van der Waals surface area contributed by atoms with Crippen molar-refractivity contribution in [2.24, 2.45) is 5.92 Å². The van der Waals surface area contributed by atoms with Gasteiger partial charge in [0.25, 0.3) is 0 Å². The average molecular weight is 244 g/mol. The summed E-state index contributed by atoms with van der Waals surface area (Å²) in [5.74, 6) is 0.527. The van der Waals surface area contributed by atoms with E-state index in [1.165, 1.54) is 38.6 Å². The van der Waals surface area contributed by atoms with Crippen molar-refractivity contribution >= 4 is 21.9 Å². The minimum Gasteiger partial charge on any atom is -0.0616 e. The van der Waals surface area contributed by atoms with Crippen LogP contribution in [0.2, 0.25) is 0 Å². The highest BCUT2D eigenvalue weighted by Crippen LogP contribution is 2.45. The van der Waals surface area contributed by atoms with Crippen molar-refractivity contribution in [1.82, 2.24) is 0 Å². The molecule has 0 nitrogen and oxygen atoms in total. The van der Waals surface area contributed by atoms with Gasteiger partial charge in [-0.3, -0.25) is 0 Å². The van der Waals surface area contributed by atoms with Gasteiger partial charge in [0.15, 0.2) is 0 Å². The summed E-state index contributed by atoms with van der Waals surface area (Å²) in [5.41, 5.74) is 7.18. The van der Waals surface area contributed by atoms with Gasteiger partial charge in [0, 0.05) is 5.92 Å². The lowest BCUT2D eigenvalue weighted by Crippen LogP contribution is -2.13. The lowest BCUT2D eigenvalue weighted by Gasteiger charge is -2.30. The summed E-state index contributed by atoms with van der Waals surface area (Å²) in [6, 6.07) is 13.3. The van der Waals surface area contributed by atoms with Crippen LogP contribution in [0.4, 0.5) is 0 Å². The number of allylic oxidation sites excluding steroid dienone is 6. The van der Waals surface area contributed by atoms with Crippen molar-refractivity contribution in [3.05, 3.63) is 71.3 Å². The van der Waals surface area contributed by atoms with Crippen LogP contribution in [0.3, 0.4) is 0 Å². The Morgan fingerprint density at radius 2 is 1.63 bits per heavy atom. The van der Waals surface area contributed by atoms with E-state index in [0.717, 1.165) is 0 Å². The third kappa shape index (κ3) is 1.40. The fourth-order valence-electron chi connectivity index (χ4n) is 3.43. The Hall–Kier alpha value is -2.08. The van der Waals surface area contributed by atoms with Crippen molar-refractivity contribution in [2.75, 3.05) is 0 Å². The van der Waals surface area contributed by atoms with Crippen molar-refractivity contribution in [3.63, 3.8) is 0 Å².